The number of carbonyl (C=O) groups is 1. The summed E-state index contributed by atoms with van der Waals surface area (Å²) in [5.41, 5.74) is 3.75. The Morgan fingerprint density at radius 2 is 2.08 bits per heavy atom. The molecule has 6 heteroatoms. The van der Waals surface area contributed by atoms with Gasteiger partial charge in [-0.3, -0.25) is 14.7 Å². The van der Waals surface area contributed by atoms with Gasteiger partial charge in [-0.15, -0.1) is 11.3 Å². The number of amides is 1. The highest BCUT2D eigenvalue weighted by Crippen LogP contribution is 2.45. The van der Waals surface area contributed by atoms with Gasteiger partial charge in [0.25, 0.3) is 0 Å². The molecule has 0 radical (unpaired) electrons. The highest BCUT2D eigenvalue weighted by Gasteiger charge is 2.33. The topological polar surface area (TPSA) is 54.5 Å². The number of hydrogen-bond acceptors (Lipinski definition) is 5. The van der Waals surface area contributed by atoms with Crippen molar-refractivity contribution in [3.63, 3.8) is 0 Å². The van der Waals surface area contributed by atoms with Gasteiger partial charge in [-0.05, 0) is 43.4 Å². The van der Waals surface area contributed by atoms with Crippen LogP contribution in [0.2, 0.25) is 0 Å². The van der Waals surface area contributed by atoms with E-state index in [-0.39, 0.29) is 11.9 Å². The van der Waals surface area contributed by atoms with E-state index in [9.17, 15) is 4.79 Å². The fourth-order valence-electron chi connectivity index (χ4n) is 4.02. The van der Waals surface area contributed by atoms with Crippen LogP contribution in [0.1, 0.15) is 47.5 Å². The van der Waals surface area contributed by atoms with E-state index in [2.05, 4.69) is 21.3 Å². The van der Waals surface area contributed by atoms with Crippen LogP contribution in [-0.2, 0) is 22.4 Å². The van der Waals surface area contributed by atoms with Crippen molar-refractivity contribution >= 4 is 22.2 Å². The van der Waals surface area contributed by atoms with Crippen LogP contribution in [-0.4, -0.2) is 42.1 Å². The van der Waals surface area contributed by atoms with Crippen molar-refractivity contribution in [2.24, 2.45) is 0 Å². The van der Waals surface area contributed by atoms with Gasteiger partial charge in [-0.1, -0.05) is 6.07 Å². The molecule has 2 aliphatic rings. The van der Waals surface area contributed by atoms with Gasteiger partial charge in [-0.2, -0.15) is 0 Å². The molecule has 2 aromatic heterocycles. The SMILES string of the molecule is CC(=O)Nc1sc2c(c1[C@H](c1ccccn1)N1CCOCC1)CCCC2. The molecule has 1 aliphatic heterocycles. The summed E-state index contributed by atoms with van der Waals surface area (Å²) >= 11 is 1.76. The summed E-state index contributed by atoms with van der Waals surface area (Å²) in [7, 11) is 0. The minimum atomic E-state index is -0.00778. The van der Waals surface area contributed by atoms with Crippen LogP contribution in [0.3, 0.4) is 0 Å². The van der Waals surface area contributed by atoms with Crippen LogP contribution in [0.5, 0.6) is 0 Å². The van der Waals surface area contributed by atoms with Crippen molar-refractivity contribution in [2.45, 2.75) is 38.6 Å². The van der Waals surface area contributed by atoms with Crippen molar-refractivity contribution in [3.05, 3.63) is 46.1 Å². The minimum absolute atomic E-state index is 0.00778. The first-order chi connectivity index (χ1) is 12.7. The summed E-state index contributed by atoms with van der Waals surface area (Å²) in [5.74, 6) is -0.00778. The minimum Gasteiger partial charge on any atom is -0.379 e. The number of morpholine rings is 1. The predicted molar refractivity (Wildman–Crippen MR) is 104 cm³/mol. The summed E-state index contributed by atoms with van der Waals surface area (Å²) in [4.78, 5) is 20.4. The Labute approximate surface area is 158 Å². The second-order valence-corrected chi connectivity index (χ2v) is 8.05. The Morgan fingerprint density at radius 1 is 1.27 bits per heavy atom. The molecule has 5 nitrogen and oxygen atoms in total. The molecule has 2 aromatic rings. The van der Waals surface area contributed by atoms with Gasteiger partial charge >= 0.3 is 0 Å². The Kier molecular flexibility index (Phi) is 5.33. The summed E-state index contributed by atoms with van der Waals surface area (Å²) < 4.78 is 5.58. The fourth-order valence-corrected chi connectivity index (χ4v) is 5.39. The van der Waals surface area contributed by atoms with E-state index in [1.165, 1.54) is 28.8 Å². The lowest BCUT2D eigenvalue weighted by molar-refractivity contribution is -0.114. The third-order valence-electron chi connectivity index (χ3n) is 5.15. The van der Waals surface area contributed by atoms with Crippen LogP contribution in [0.4, 0.5) is 5.00 Å². The highest BCUT2D eigenvalue weighted by atomic mass is 32.1. The number of carbonyl (C=O) groups excluding carboxylic acids is 1. The lowest BCUT2D eigenvalue weighted by atomic mass is 9.90. The summed E-state index contributed by atoms with van der Waals surface area (Å²) in [6.07, 6.45) is 6.52. The largest absolute Gasteiger partial charge is 0.379 e. The number of aromatic nitrogens is 1. The standard InChI is InChI=1S/C20H25N3O2S/c1-14(24)22-20-18(15-6-2-3-8-17(15)26-20)19(16-7-4-5-9-21-16)23-10-12-25-13-11-23/h4-5,7,9,19H,2-3,6,8,10-13H2,1H3,(H,22,24)/t19-/m0/s1. The molecule has 3 heterocycles. The highest BCUT2D eigenvalue weighted by molar-refractivity contribution is 7.16. The zero-order chi connectivity index (χ0) is 17.9. The van der Waals surface area contributed by atoms with E-state index in [0.29, 0.717) is 0 Å². The summed E-state index contributed by atoms with van der Waals surface area (Å²) in [5, 5.41) is 4.12. The average molecular weight is 372 g/mol. The van der Waals surface area contributed by atoms with Gasteiger partial charge in [0.1, 0.15) is 5.00 Å². The van der Waals surface area contributed by atoms with E-state index in [1.54, 1.807) is 18.3 Å². The van der Waals surface area contributed by atoms with Crippen LogP contribution in [0.15, 0.2) is 24.4 Å². The lowest BCUT2D eigenvalue weighted by Gasteiger charge is -2.35. The van der Waals surface area contributed by atoms with Crippen molar-refractivity contribution in [2.75, 3.05) is 31.6 Å². The Hall–Kier alpha value is -1.76. The Morgan fingerprint density at radius 3 is 2.81 bits per heavy atom. The molecule has 0 unspecified atom stereocenters. The molecule has 0 spiro atoms. The summed E-state index contributed by atoms with van der Waals surface area (Å²) in [6, 6.07) is 6.18. The molecule has 26 heavy (non-hydrogen) atoms. The molecule has 4 rings (SSSR count). The molecular formula is C20H25N3O2S. The van der Waals surface area contributed by atoms with Crippen LogP contribution in [0, 0.1) is 0 Å². The molecule has 1 aliphatic carbocycles. The Balaban J connectivity index is 1.84. The number of aryl methyl sites for hydroxylation is 1. The van der Waals surface area contributed by atoms with Crippen LogP contribution in [0.25, 0.3) is 0 Å². The second kappa shape index (κ2) is 7.86. The van der Waals surface area contributed by atoms with E-state index in [0.717, 1.165) is 49.8 Å². The molecule has 1 N–H and O–H groups in total. The van der Waals surface area contributed by atoms with Gasteiger partial charge in [-0.25, -0.2) is 0 Å². The summed E-state index contributed by atoms with van der Waals surface area (Å²) in [6.45, 7) is 4.83. The molecule has 1 amide bonds. The maximum atomic E-state index is 11.9. The van der Waals surface area contributed by atoms with Gasteiger partial charge in [0.2, 0.25) is 5.91 Å². The number of thiophene rings is 1. The maximum absolute atomic E-state index is 11.9. The molecule has 138 valence electrons. The predicted octanol–water partition coefficient (Wildman–Crippen LogP) is 3.40. The molecule has 0 bridgehead atoms. The quantitative estimate of drug-likeness (QED) is 0.895. The zero-order valence-electron chi connectivity index (χ0n) is 15.2. The van der Waals surface area contributed by atoms with E-state index in [4.69, 9.17) is 4.74 Å². The normalized spacial score (nSPS) is 19.0. The lowest BCUT2D eigenvalue weighted by Crippen LogP contribution is -2.40. The van der Waals surface area contributed by atoms with Gasteiger partial charge in [0.15, 0.2) is 0 Å². The zero-order valence-corrected chi connectivity index (χ0v) is 16.0. The molecule has 0 saturated carbocycles. The van der Waals surface area contributed by atoms with Gasteiger partial charge in [0.05, 0.1) is 24.9 Å². The molecular weight excluding hydrogens is 346 g/mol. The Bertz CT molecular complexity index is 769. The van der Waals surface area contributed by atoms with Crippen molar-refractivity contribution in [3.8, 4) is 0 Å². The number of nitrogens with zero attached hydrogens (tertiary/aromatic N) is 2. The first-order valence-electron chi connectivity index (χ1n) is 9.39. The third-order valence-corrected chi connectivity index (χ3v) is 6.38. The first kappa shape index (κ1) is 17.6. The third kappa shape index (κ3) is 3.54. The monoisotopic (exact) mass is 371 g/mol. The van der Waals surface area contributed by atoms with Crippen LogP contribution >= 0.6 is 11.3 Å². The van der Waals surface area contributed by atoms with Gasteiger partial charge < -0.3 is 10.1 Å². The maximum Gasteiger partial charge on any atom is 0.221 e. The molecule has 1 atom stereocenters. The number of nitrogens with one attached hydrogen (secondary N) is 1. The molecule has 0 aromatic carbocycles. The van der Waals surface area contributed by atoms with E-state index >= 15 is 0 Å². The van der Waals surface area contributed by atoms with E-state index < -0.39 is 0 Å². The second-order valence-electron chi connectivity index (χ2n) is 6.94. The number of fused-ring (bicyclic) bond motifs is 1. The van der Waals surface area contributed by atoms with Gasteiger partial charge in [0, 0.05) is 36.7 Å². The average Bonchev–Trinajstić information content (AvgIpc) is 3.01. The smallest absolute Gasteiger partial charge is 0.221 e. The number of pyridine rings is 1. The van der Waals surface area contributed by atoms with Crippen molar-refractivity contribution in [1.82, 2.24) is 9.88 Å². The molecule has 1 saturated heterocycles. The molecule has 1 fully saturated rings. The van der Waals surface area contributed by atoms with E-state index in [1.807, 2.05) is 18.3 Å². The first-order valence-corrected chi connectivity index (χ1v) is 10.2. The number of rotatable bonds is 4. The number of anilines is 1. The van der Waals surface area contributed by atoms with Crippen molar-refractivity contribution in [1.29, 1.82) is 0 Å². The number of ether oxygens (including phenoxy) is 1. The fraction of sp³-hybridized carbons (Fsp3) is 0.500. The van der Waals surface area contributed by atoms with Crippen molar-refractivity contribution < 1.29 is 9.53 Å². The van der Waals surface area contributed by atoms with Crippen LogP contribution < -0.4 is 5.32 Å². The number of hydrogen-bond donors (Lipinski definition) is 1.